The molecule has 1 N–H and O–H groups in total. The van der Waals surface area contributed by atoms with Crippen LogP contribution < -0.4 is 4.74 Å². The van der Waals surface area contributed by atoms with E-state index in [2.05, 4.69) is 4.98 Å². The summed E-state index contributed by atoms with van der Waals surface area (Å²) in [4.78, 5) is 29.5. The number of nitrogens with zero attached hydrogens (tertiary/aromatic N) is 2. The van der Waals surface area contributed by atoms with Crippen molar-refractivity contribution in [2.24, 2.45) is 0 Å². The number of ether oxygens (including phenoxy) is 1. The summed E-state index contributed by atoms with van der Waals surface area (Å²) in [6, 6.07) is 17.5. The van der Waals surface area contributed by atoms with Gasteiger partial charge in [0.05, 0.1) is 17.6 Å². The molecule has 3 aromatic rings. The van der Waals surface area contributed by atoms with Gasteiger partial charge in [0, 0.05) is 24.9 Å². The summed E-state index contributed by atoms with van der Waals surface area (Å²) in [5, 5.41) is 8.51. The molecule has 1 aliphatic rings. The Morgan fingerprint density at radius 3 is 2.66 bits per heavy atom. The number of rotatable bonds is 11. The SMILES string of the molecule is Cc1oc(-c2ccccc2)nc1CCOc1ccc(CC2SC(=S)N(CCCC(=O)O)C2=O)cc1. The van der Waals surface area contributed by atoms with Gasteiger partial charge in [-0.2, -0.15) is 0 Å². The van der Waals surface area contributed by atoms with E-state index in [1.165, 1.54) is 16.7 Å². The van der Waals surface area contributed by atoms with Gasteiger partial charge in [0.15, 0.2) is 0 Å². The quantitative estimate of drug-likeness (QED) is 0.364. The van der Waals surface area contributed by atoms with E-state index in [4.69, 9.17) is 26.5 Å². The standard InChI is InChI=1S/C26H26N2O5S2/c1-17-21(27-24(33-17)19-6-3-2-4-7-19)13-15-32-20-11-9-18(10-12-20)16-22-25(31)28(26(34)35-22)14-5-8-23(29)30/h2-4,6-7,9-12,22H,5,8,13-16H2,1H3,(H,29,30). The smallest absolute Gasteiger partial charge is 0.303 e. The summed E-state index contributed by atoms with van der Waals surface area (Å²) in [6.07, 6.45) is 1.60. The van der Waals surface area contributed by atoms with Crippen molar-refractivity contribution in [1.29, 1.82) is 0 Å². The van der Waals surface area contributed by atoms with Crippen LogP contribution in [0, 0.1) is 6.92 Å². The number of thioether (sulfide) groups is 1. The zero-order valence-electron chi connectivity index (χ0n) is 19.3. The van der Waals surface area contributed by atoms with Gasteiger partial charge >= 0.3 is 5.97 Å². The maximum absolute atomic E-state index is 12.7. The van der Waals surface area contributed by atoms with E-state index in [1.807, 2.05) is 61.5 Å². The number of hydrogen-bond acceptors (Lipinski definition) is 7. The highest BCUT2D eigenvalue weighted by atomic mass is 32.2. The van der Waals surface area contributed by atoms with E-state index in [1.54, 1.807) is 0 Å². The third-order valence-corrected chi connectivity index (χ3v) is 7.23. The number of aliphatic carboxylic acids is 1. The lowest BCUT2D eigenvalue weighted by Gasteiger charge is -2.14. The average Bonchev–Trinajstić information content (AvgIpc) is 3.34. The van der Waals surface area contributed by atoms with Crippen molar-refractivity contribution in [3.8, 4) is 17.2 Å². The lowest BCUT2D eigenvalue weighted by Crippen LogP contribution is -2.33. The molecular formula is C26H26N2O5S2. The fourth-order valence-electron chi connectivity index (χ4n) is 3.78. The molecule has 1 aliphatic heterocycles. The molecule has 0 saturated carbocycles. The van der Waals surface area contributed by atoms with Crippen LogP contribution in [0.2, 0.25) is 0 Å². The highest BCUT2D eigenvalue weighted by molar-refractivity contribution is 8.24. The van der Waals surface area contributed by atoms with Gasteiger partial charge < -0.3 is 14.3 Å². The predicted octanol–water partition coefficient (Wildman–Crippen LogP) is 4.91. The van der Waals surface area contributed by atoms with Crippen LogP contribution in [0.4, 0.5) is 0 Å². The van der Waals surface area contributed by atoms with Crippen molar-refractivity contribution in [1.82, 2.24) is 9.88 Å². The van der Waals surface area contributed by atoms with Crippen LogP contribution in [0.3, 0.4) is 0 Å². The highest BCUT2D eigenvalue weighted by Gasteiger charge is 2.36. The third-order valence-electron chi connectivity index (χ3n) is 5.64. The second-order valence-corrected chi connectivity index (χ2v) is 10.0. The average molecular weight is 511 g/mol. The van der Waals surface area contributed by atoms with Crippen LogP contribution in [0.15, 0.2) is 59.0 Å². The van der Waals surface area contributed by atoms with Crippen molar-refractivity contribution < 1.29 is 23.8 Å². The Hall–Kier alpha value is -3.17. The maximum Gasteiger partial charge on any atom is 0.303 e. The first kappa shape index (κ1) is 24.9. The molecule has 1 fully saturated rings. The lowest BCUT2D eigenvalue weighted by atomic mass is 10.1. The molecule has 1 amide bonds. The van der Waals surface area contributed by atoms with Gasteiger partial charge in [-0.25, -0.2) is 4.98 Å². The van der Waals surface area contributed by atoms with Crippen molar-refractivity contribution in [2.45, 2.75) is 37.9 Å². The van der Waals surface area contributed by atoms with E-state index < -0.39 is 5.97 Å². The summed E-state index contributed by atoms with van der Waals surface area (Å²) >= 11 is 6.69. The number of hydrogen-bond donors (Lipinski definition) is 1. The Labute approximate surface area is 213 Å². The zero-order valence-corrected chi connectivity index (χ0v) is 20.9. The molecule has 0 aliphatic carbocycles. The van der Waals surface area contributed by atoms with Gasteiger partial charge in [0.2, 0.25) is 11.8 Å². The second-order valence-electron chi connectivity index (χ2n) is 8.19. The van der Waals surface area contributed by atoms with Crippen LogP contribution in [0.25, 0.3) is 11.5 Å². The Bertz CT molecular complexity index is 1190. The molecule has 1 atom stereocenters. The minimum absolute atomic E-state index is 0.0214. The number of carbonyl (C=O) groups excluding carboxylic acids is 1. The Morgan fingerprint density at radius 2 is 1.94 bits per heavy atom. The number of aromatic nitrogens is 1. The van der Waals surface area contributed by atoms with E-state index in [-0.39, 0.29) is 17.6 Å². The first-order valence-corrected chi connectivity index (χ1v) is 12.7. The molecule has 2 aromatic carbocycles. The molecule has 0 spiro atoms. The minimum atomic E-state index is -0.873. The van der Waals surface area contributed by atoms with Crippen molar-refractivity contribution in [3.63, 3.8) is 0 Å². The molecule has 4 rings (SSSR count). The molecule has 1 saturated heterocycles. The number of carbonyl (C=O) groups is 2. The van der Waals surface area contributed by atoms with Gasteiger partial charge in [-0.1, -0.05) is 54.3 Å². The normalized spacial score (nSPS) is 15.6. The maximum atomic E-state index is 12.7. The van der Waals surface area contributed by atoms with E-state index in [0.29, 0.717) is 42.6 Å². The number of amides is 1. The van der Waals surface area contributed by atoms with Crippen LogP contribution in [0.5, 0.6) is 5.75 Å². The molecule has 7 nitrogen and oxygen atoms in total. The topological polar surface area (TPSA) is 92.9 Å². The molecule has 9 heteroatoms. The summed E-state index contributed by atoms with van der Waals surface area (Å²) in [7, 11) is 0. The molecule has 1 aromatic heterocycles. The lowest BCUT2D eigenvalue weighted by molar-refractivity contribution is -0.137. The Morgan fingerprint density at radius 1 is 1.20 bits per heavy atom. The van der Waals surface area contributed by atoms with Crippen LogP contribution in [-0.4, -0.2) is 49.6 Å². The number of carboxylic acids is 1. The van der Waals surface area contributed by atoms with Crippen LogP contribution in [-0.2, 0) is 22.4 Å². The van der Waals surface area contributed by atoms with Crippen molar-refractivity contribution in [2.75, 3.05) is 13.2 Å². The predicted molar refractivity (Wildman–Crippen MR) is 139 cm³/mol. The largest absolute Gasteiger partial charge is 0.493 e. The number of oxazole rings is 1. The van der Waals surface area contributed by atoms with Gasteiger partial charge in [0.25, 0.3) is 0 Å². The third kappa shape index (κ3) is 6.49. The van der Waals surface area contributed by atoms with Crippen LogP contribution in [0.1, 0.15) is 29.9 Å². The molecule has 35 heavy (non-hydrogen) atoms. The monoisotopic (exact) mass is 510 g/mol. The van der Waals surface area contributed by atoms with E-state index in [9.17, 15) is 9.59 Å². The Kier molecular flexibility index (Phi) is 8.20. The molecule has 182 valence electrons. The fraction of sp³-hybridized carbons (Fsp3) is 0.308. The van der Waals surface area contributed by atoms with Gasteiger partial charge in [0.1, 0.15) is 15.8 Å². The summed E-state index contributed by atoms with van der Waals surface area (Å²) in [6.45, 7) is 2.72. The number of aryl methyl sites for hydroxylation is 1. The molecule has 0 bridgehead atoms. The zero-order chi connectivity index (χ0) is 24.8. The van der Waals surface area contributed by atoms with E-state index in [0.717, 1.165) is 28.3 Å². The fourth-order valence-corrected chi connectivity index (χ4v) is 5.37. The van der Waals surface area contributed by atoms with Gasteiger partial charge in [-0.05, 0) is 49.6 Å². The molecule has 1 unspecified atom stereocenters. The van der Waals surface area contributed by atoms with Crippen LogP contribution >= 0.6 is 24.0 Å². The second kappa shape index (κ2) is 11.5. The van der Waals surface area contributed by atoms with Crippen molar-refractivity contribution >= 4 is 40.2 Å². The van der Waals surface area contributed by atoms with Gasteiger partial charge in [-0.3, -0.25) is 14.5 Å². The first-order valence-electron chi connectivity index (χ1n) is 11.4. The minimum Gasteiger partial charge on any atom is -0.493 e. The highest BCUT2D eigenvalue weighted by Crippen LogP contribution is 2.30. The number of benzene rings is 2. The number of carboxylic acid groups (broad SMARTS) is 1. The molecular weight excluding hydrogens is 484 g/mol. The first-order chi connectivity index (χ1) is 16.9. The van der Waals surface area contributed by atoms with Gasteiger partial charge in [-0.15, -0.1) is 0 Å². The van der Waals surface area contributed by atoms with E-state index >= 15 is 0 Å². The number of thiocarbonyl (C=S) groups is 1. The molecule has 2 heterocycles. The summed E-state index contributed by atoms with van der Waals surface area (Å²) in [5.41, 5.74) is 2.83. The summed E-state index contributed by atoms with van der Waals surface area (Å²) in [5.74, 6) is 1.22. The summed E-state index contributed by atoms with van der Waals surface area (Å²) < 4.78 is 12.2. The van der Waals surface area contributed by atoms with Crippen molar-refractivity contribution in [3.05, 3.63) is 71.6 Å². The Balaban J connectivity index is 1.26. The molecule has 0 radical (unpaired) electrons.